The molecule has 0 radical (unpaired) electrons. The van der Waals surface area contributed by atoms with Crippen molar-refractivity contribution >= 4 is 142 Å². The van der Waals surface area contributed by atoms with E-state index in [2.05, 4.69) is 158 Å². The maximum absolute atomic E-state index is 12.1. The van der Waals surface area contributed by atoms with E-state index in [1.807, 2.05) is 76.2 Å². The Balaban J connectivity index is 0.000000192. The van der Waals surface area contributed by atoms with Gasteiger partial charge in [-0.2, -0.15) is 105 Å². The van der Waals surface area contributed by atoms with Gasteiger partial charge in [0.05, 0.1) is 42.7 Å². The van der Waals surface area contributed by atoms with E-state index >= 15 is 0 Å². The number of nitrogens with zero attached hydrogens (tertiary/aromatic N) is 21. The summed E-state index contributed by atoms with van der Waals surface area (Å²) in [5.41, 5.74) is 46.0. The smallest absolute Gasteiger partial charge is 0.322 e. The molecule has 7 aromatic carbocycles. The Bertz CT molecular complexity index is 6050. The van der Waals surface area contributed by atoms with E-state index in [0.717, 1.165) is 22.3 Å². The van der Waals surface area contributed by atoms with E-state index in [1.54, 1.807) is 149 Å². The fourth-order valence-corrected chi connectivity index (χ4v) is 10.1. The number of hydrogen-bond donors (Lipinski definition) is 17. The first-order valence-corrected chi connectivity index (χ1v) is 38.9. The minimum absolute atomic E-state index is 0.0159. The second-order valence-electron chi connectivity index (χ2n) is 26.3. The summed E-state index contributed by atoms with van der Waals surface area (Å²) in [6.45, 7) is 7.71. The number of aromatic nitrogens is 21. The largest absolute Gasteiger partial charge is 0.497 e. The van der Waals surface area contributed by atoms with Crippen molar-refractivity contribution in [1.82, 2.24) is 105 Å². The van der Waals surface area contributed by atoms with Crippen LogP contribution in [-0.2, 0) is 0 Å². The quantitative estimate of drug-likeness (QED) is 0.0331. The van der Waals surface area contributed by atoms with E-state index in [0.29, 0.717) is 62.3 Å². The highest BCUT2D eigenvalue weighted by atomic mass is 16.5. The second-order valence-corrected chi connectivity index (χ2v) is 26.3. The molecule has 7 aromatic heterocycles. The summed E-state index contributed by atoms with van der Waals surface area (Å²) in [7, 11) is 13.6. The molecular formula is C83H92N38O13. The third kappa shape index (κ3) is 32.9. The van der Waals surface area contributed by atoms with Crippen LogP contribution in [0.3, 0.4) is 0 Å². The molecule has 0 fully saturated rings. The minimum atomic E-state index is -0.392. The number of carbonyl (C=O) groups excluding carboxylic acids is 7. The van der Waals surface area contributed by atoms with Gasteiger partial charge in [-0.25, -0.2) is 0 Å². The first kappa shape index (κ1) is 100. The maximum Gasteiger partial charge on any atom is 0.322 e. The third-order valence-corrected chi connectivity index (χ3v) is 16.4. The van der Waals surface area contributed by atoms with Gasteiger partial charge in [0.15, 0.2) is 0 Å². The van der Waals surface area contributed by atoms with E-state index in [-0.39, 0.29) is 149 Å². The molecule has 51 heteroatoms. The predicted octanol–water partition coefficient (Wildman–Crippen LogP) is 6.35. The standard InChI is InChI=1S/C12H14N6O2.2C12H14N6O.C12H13N5O3.2C12H13N5O2.C11H11N5O2/c1-14-11-16-10(13)17-12(18-11)15-9(19)7-4-3-5-8(6-7)20-2;1-7-3-5-8(6-4-7)9(19)15-12-17-10(13)16-11(14-2)18-12;1-7-4-3-5-8(6-7)9(19)15-12-17-10(13)16-11(14-2)18-12;1-19-8-5-3-4-7(6-8)9(18)14-11-15-10(13)16-12(17-11)20-2;1-7-3-5-8(6-4-7)9(18)14-11-15-10(13)16-12(17-11)19-2;1-7-4-3-5-8(6-7)9(18)14-11-15-10(13)16-12(17-11)19-2;1-18-11-15-9(12)14-10(16-11)13-8(17)7-5-3-2-4-6-7/h3-6H,1-2H3,(H4,13,14,15,16,17,18,19);2*3-6H,1-2H3,(H4,13,14,15,16,17,18,19);3-6H,1-2H3,(H3,13,14,15,16,17,18);2*3-6H,1-2H3,(H3,13,14,15,16,17,18);2-6H,1H3,(H3,12,13,14,15,16,17). The minimum Gasteiger partial charge on any atom is -0.497 e. The second kappa shape index (κ2) is 50.1. The van der Waals surface area contributed by atoms with Crippen molar-refractivity contribution in [3.8, 4) is 35.5 Å². The lowest BCUT2D eigenvalue weighted by molar-refractivity contribution is 0.101. The van der Waals surface area contributed by atoms with Crippen LogP contribution in [0.5, 0.6) is 35.5 Å². The number of rotatable bonds is 23. The topological polar surface area (TPSA) is 748 Å². The van der Waals surface area contributed by atoms with E-state index in [9.17, 15) is 33.6 Å². The summed E-state index contributed by atoms with van der Waals surface area (Å²) < 4.78 is 29.5. The molecule has 0 bridgehead atoms. The number of benzene rings is 7. The Morgan fingerprint density at radius 1 is 0.209 bits per heavy atom. The van der Waals surface area contributed by atoms with Crippen LogP contribution in [0, 0.1) is 27.7 Å². The number of nitrogens with one attached hydrogen (secondary N) is 10. The molecule has 0 saturated heterocycles. The monoisotopic (exact) mass is 1830 g/mol. The molecule has 51 nitrogen and oxygen atoms in total. The Hall–Kier alpha value is -19.3. The van der Waals surface area contributed by atoms with Crippen LogP contribution >= 0.6 is 0 Å². The van der Waals surface area contributed by atoms with Crippen LogP contribution in [0.4, 0.5) is 101 Å². The lowest BCUT2D eigenvalue weighted by Crippen LogP contribution is -2.16. The molecule has 14 rings (SSSR count). The molecule has 134 heavy (non-hydrogen) atoms. The van der Waals surface area contributed by atoms with Gasteiger partial charge in [0.2, 0.25) is 101 Å². The third-order valence-electron chi connectivity index (χ3n) is 16.4. The SMILES string of the molecule is CNc1nc(N)nc(NC(=O)c2ccc(C)cc2)n1.CNc1nc(N)nc(NC(=O)c2cccc(C)c2)n1.CNc1nc(N)nc(NC(=O)c2cccc(OC)c2)n1.COc1cccc(C(=O)Nc2nc(N)nc(OC)n2)c1.COc1nc(N)nc(NC(=O)c2ccc(C)cc2)n1.COc1nc(N)nc(NC(=O)c2cccc(C)c2)n1.COc1nc(N)nc(NC(=O)c2ccccc2)n1. The molecule has 0 unspecified atom stereocenters. The fourth-order valence-electron chi connectivity index (χ4n) is 10.1. The number of methoxy groups -OCH3 is 6. The van der Waals surface area contributed by atoms with Crippen molar-refractivity contribution in [3.63, 3.8) is 0 Å². The van der Waals surface area contributed by atoms with Crippen LogP contribution in [0.2, 0.25) is 0 Å². The van der Waals surface area contributed by atoms with E-state index in [4.69, 9.17) is 68.6 Å². The van der Waals surface area contributed by atoms with Crippen LogP contribution in [0.25, 0.3) is 0 Å². The fraction of sp³-hybridized carbons (Fsp3) is 0.157. The zero-order chi connectivity index (χ0) is 97.3. The summed E-state index contributed by atoms with van der Waals surface area (Å²) in [5.74, 6) is 0.167. The first-order chi connectivity index (χ1) is 64.2. The Morgan fingerprint density at radius 2 is 0.418 bits per heavy atom. The Labute approximate surface area is 763 Å². The molecule has 0 saturated carbocycles. The number of ether oxygens (including phenoxy) is 6. The van der Waals surface area contributed by atoms with Crippen molar-refractivity contribution in [2.24, 2.45) is 0 Å². The molecule has 0 spiro atoms. The first-order valence-electron chi connectivity index (χ1n) is 38.9. The van der Waals surface area contributed by atoms with Gasteiger partial charge in [0.1, 0.15) is 11.5 Å². The van der Waals surface area contributed by atoms with Gasteiger partial charge in [-0.1, -0.05) is 101 Å². The Morgan fingerprint density at radius 3 is 0.657 bits per heavy atom. The lowest BCUT2D eigenvalue weighted by Gasteiger charge is -2.07. The molecule has 24 N–H and O–H groups in total. The van der Waals surface area contributed by atoms with E-state index in [1.165, 1.54) is 42.7 Å². The average molecular weight is 1830 g/mol. The predicted molar refractivity (Wildman–Crippen MR) is 497 cm³/mol. The summed E-state index contributed by atoms with van der Waals surface area (Å²) in [6, 6.07) is 50.9. The normalized spacial score (nSPS) is 9.95. The van der Waals surface area contributed by atoms with Crippen LogP contribution < -0.4 is 122 Å². The van der Waals surface area contributed by atoms with Gasteiger partial charge < -0.3 is 84.5 Å². The van der Waals surface area contributed by atoms with Gasteiger partial charge in [0, 0.05) is 60.1 Å². The van der Waals surface area contributed by atoms with Gasteiger partial charge in [-0.05, 0) is 125 Å². The zero-order valence-corrected chi connectivity index (χ0v) is 74.0. The molecule has 0 aliphatic heterocycles. The van der Waals surface area contributed by atoms with Crippen molar-refractivity contribution in [3.05, 3.63) is 237 Å². The highest BCUT2D eigenvalue weighted by molar-refractivity contribution is 6.07. The van der Waals surface area contributed by atoms with Crippen LogP contribution in [0.1, 0.15) is 94.8 Å². The number of nitrogen functional groups attached to an aromatic ring is 7. The number of carbonyl (C=O) groups is 7. The number of hydrogen-bond acceptors (Lipinski definition) is 44. The highest BCUT2D eigenvalue weighted by Gasteiger charge is 2.19. The van der Waals surface area contributed by atoms with Gasteiger partial charge in [-0.15, -0.1) is 0 Å². The molecular weight excluding hydrogens is 1740 g/mol. The van der Waals surface area contributed by atoms with Crippen molar-refractivity contribution in [1.29, 1.82) is 0 Å². The number of anilines is 17. The number of nitrogens with two attached hydrogens (primary N) is 7. The summed E-state index contributed by atoms with van der Waals surface area (Å²) in [4.78, 5) is 164. The number of amides is 7. The van der Waals surface area contributed by atoms with Crippen molar-refractivity contribution < 1.29 is 62.0 Å². The lowest BCUT2D eigenvalue weighted by atomic mass is 10.1. The molecule has 0 atom stereocenters. The molecule has 0 aliphatic carbocycles. The van der Waals surface area contributed by atoms with Crippen molar-refractivity contribution in [2.75, 3.05) is 157 Å². The summed E-state index contributed by atoms with van der Waals surface area (Å²) >= 11 is 0. The van der Waals surface area contributed by atoms with Crippen molar-refractivity contribution in [2.45, 2.75) is 27.7 Å². The summed E-state index contributed by atoms with van der Waals surface area (Å²) in [6.07, 6.45) is 0. The van der Waals surface area contributed by atoms with Crippen LogP contribution in [-0.4, -0.2) is 210 Å². The molecule has 14 aromatic rings. The van der Waals surface area contributed by atoms with Crippen LogP contribution in [0.15, 0.2) is 176 Å². The molecule has 7 amide bonds. The zero-order valence-electron chi connectivity index (χ0n) is 74.0. The highest BCUT2D eigenvalue weighted by Crippen LogP contribution is 2.21. The Kier molecular flexibility index (Phi) is 37.5. The van der Waals surface area contributed by atoms with Gasteiger partial charge in [0.25, 0.3) is 41.4 Å². The van der Waals surface area contributed by atoms with Gasteiger partial charge in [-0.3, -0.25) is 70.8 Å². The average Bonchev–Trinajstić information content (AvgIpc) is 0.877. The molecule has 7 heterocycles. The van der Waals surface area contributed by atoms with Gasteiger partial charge >= 0.3 is 24.0 Å². The summed E-state index contributed by atoms with van der Waals surface area (Å²) in [5, 5.41) is 26.0. The maximum atomic E-state index is 12.1. The molecule has 692 valence electrons. The molecule has 0 aliphatic rings. The number of aryl methyl sites for hydroxylation is 4. The van der Waals surface area contributed by atoms with E-state index < -0.39 is 5.91 Å².